The molecule has 0 radical (unpaired) electrons. The first-order valence-electron chi connectivity index (χ1n) is 5.84. The molecule has 1 fully saturated rings. The molecular formula is C13H16BrClOS. The molecule has 1 saturated carbocycles. The van der Waals surface area contributed by atoms with E-state index in [1.807, 2.05) is 18.2 Å². The van der Waals surface area contributed by atoms with Gasteiger partial charge in [-0.25, -0.2) is 0 Å². The van der Waals surface area contributed by atoms with Crippen molar-refractivity contribution in [1.82, 2.24) is 0 Å². The van der Waals surface area contributed by atoms with E-state index in [2.05, 4.69) is 28.6 Å². The lowest BCUT2D eigenvalue weighted by Crippen LogP contribution is -2.27. The summed E-state index contributed by atoms with van der Waals surface area (Å²) >= 11 is 13.8. The minimum atomic E-state index is 0.266. The Morgan fingerprint density at radius 2 is 2.06 bits per heavy atom. The lowest BCUT2D eigenvalue weighted by molar-refractivity contribution is 0.172. The summed E-state index contributed by atoms with van der Waals surface area (Å²) in [4.78, 5) is 0. The monoisotopic (exact) mass is 334 g/mol. The Labute approximate surface area is 121 Å². The Kier molecular flexibility index (Phi) is 4.67. The van der Waals surface area contributed by atoms with Gasteiger partial charge in [-0.3, -0.25) is 0 Å². The molecule has 0 spiro atoms. The van der Waals surface area contributed by atoms with Crippen LogP contribution in [-0.4, -0.2) is 12.4 Å². The summed E-state index contributed by atoms with van der Waals surface area (Å²) in [7, 11) is 0. The molecule has 0 atom stereocenters. The minimum absolute atomic E-state index is 0.266. The molecule has 0 aliphatic heterocycles. The number of thiol groups is 1. The van der Waals surface area contributed by atoms with Gasteiger partial charge in [-0.1, -0.05) is 24.4 Å². The number of hydrogen-bond acceptors (Lipinski definition) is 2. The Balaban J connectivity index is 2.01. The fraction of sp³-hybridized carbons (Fsp3) is 0.538. The third-order valence-electron chi connectivity index (χ3n) is 3.43. The van der Waals surface area contributed by atoms with Gasteiger partial charge in [0.1, 0.15) is 5.75 Å². The van der Waals surface area contributed by atoms with Crippen molar-refractivity contribution >= 4 is 40.2 Å². The maximum absolute atomic E-state index is 5.92. The van der Waals surface area contributed by atoms with E-state index >= 15 is 0 Å². The minimum Gasteiger partial charge on any atom is -0.492 e. The van der Waals surface area contributed by atoms with Crippen LogP contribution in [0.5, 0.6) is 5.75 Å². The molecule has 0 aromatic heterocycles. The molecule has 0 N–H and O–H groups in total. The Morgan fingerprint density at radius 3 is 2.65 bits per heavy atom. The van der Waals surface area contributed by atoms with Crippen LogP contribution in [-0.2, 0) is 0 Å². The van der Waals surface area contributed by atoms with Crippen molar-refractivity contribution in [2.75, 3.05) is 12.4 Å². The van der Waals surface area contributed by atoms with Gasteiger partial charge in [0.2, 0.25) is 0 Å². The first kappa shape index (κ1) is 13.6. The third kappa shape index (κ3) is 3.33. The smallest absolute Gasteiger partial charge is 0.133 e. The van der Waals surface area contributed by atoms with Gasteiger partial charge in [-0.15, -0.1) is 0 Å². The Bertz CT molecular complexity index is 391. The normalized spacial score (nSPS) is 18.3. The van der Waals surface area contributed by atoms with Crippen LogP contribution in [0.4, 0.5) is 0 Å². The maximum atomic E-state index is 5.92. The molecule has 0 unspecified atom stereocenters. The topological polar surface area (TPSA) is 9.23 Å². The van der Waals surface area contributed by atoms with E-state index in [-0.39, 0.29) is 5.41 Å². The van der Waals surface area contributed by atoms with E-state index < -0.39 is 0 Å². The first-order valence-corrected chi connectivity index (χ1v) is 7.64. The summed E-state index contributed by atoms with van der Waals surface area (Å²) in [6, 6.07) is 5.62. The fourth-order valence-electron chi connectivity index (χ4n) is 2.30. The second-order valence-corrected chi connectivity index (χ2v) is 6.34. The predicted octanol–water partition coefficient (Wildman–Crippen LogP) is 4.97. The summed E-state index contributed by atoms with van der Waals surface area (Å²) in [5.74, 6) is 1.76. The van der Waals surface area contributed by atoms with Crippen molar-refractivity contribution in [3.8, 4) is 5.75 Å². The average molecular weight is 336 g/mol. The van der Waals surface area contributed by atoms with Gasteiger partial charge in [0.15, 0.2) is 0 Å². The molecule has 0 amide bonds. The van der Waals surface area contributed by atoms with Crippen LogP contribution < -0.4 is 4.74 Å². The van der Waals surface area contributed by atoms with Crippen LogP contribution >= 0.6 is 40.2 Å². The van der Waals surface area contributed by atoms with Crippen molar-refractivity contribution in [3.05, 3.63) is 27.7 Å². The largest absolute Gasteiger partial charge is 0.492 e. The van der Waals surface area contributed by atoms with Gasteiger partial charge < -0.3 is 4.74 Å². The molecule has 0 bridgehead atoms. The molecule has 1 aliphatic carbocycles. The van der Waals surface area contributed by atoms with E-state index in [0.29, 0.717) is 5.02 Å². The van der Waals surface area contributed by atoms with E-state index in [1.165, 1.54) is 25.7 Å². The summed E-state index contributed by atoms with van der Waals surface area (Å²) < 4.78 is 6.83. The van der Waals surface area contributed by atoms with Gasteiger partial charge in [0.25, 0.3) is 0 Å². The molecule has 0 heterocycles. The standard InChI is InChI=1S/C13H16BrClOS/c14-11-7-10(15)3-4-12(11)16-8-13(9-17)5-1-2-6-13/h3-4,7,17H,1-2,5-6,8-9H2. The van der Waals surface area contributed by atoms with Crippen LogP contribution in [0.15, 0.2) is 22.7 Å². The molecular weight excluding hydrogens is 320 g/mol. The molecule has 2 rings (SSSR count). The zero-order valence-electron chi connectivity index (χ0n) is 9.59. The number of benzene rings is 1. The van der Waals surface area contributed by atoms with Crippen molar-refractivity contribution in [2.45, 2.75) is 25.7 Å². The molecule has 94 valence electrons. The second kappa shape index (κ2) is 5.85. The summed E-state index contributed by atoms with van der Waals surface area (Å²) in [6.45, 7) is 0.747. The molecule has 1 aromatic rings. The average Bonchev–Trinajstić information content (AvgIpc) is 2.77. The van der Waals surface area contributed by atoms with Crippen LogP contribution in [0, 0.1) is 5.41 Å². The highest BCUT2D eigenvalue weighted by atomic mass is 79.9. The van der Waals surface area contributed by atoms with Gasteiger partial charge in [0, 0.05) is 10.4 Å². The first-order chi connectivity index (χ1) is 8.15. The van der Waals surface area contributed by atoms with Crippen LogP contribution in [0.3, 0.4) is 0 Å². The van der Waals surface area contributed by atoms with Crippen molar-refractivity contribution < 1.29 is 4.74 Å². The van der Waals surface area contributed by atoms with Crippen LogP contribution in [0.2, 0.25) is 5.02 Å². The zero-order valence-corrected chi connectivity index (χ0v) is 12.8. The van der Waals surface area contributed by atoms with E-state index in [9.17, 15) is 0 Å². The van der Waals surface area contributed by atoms with E-state index in [4.69, 9.17) is 16.3 Å². The highest BCUT2D eigenvalue weighted by molar-refractivity contribution is 9.10. The molecule has 1 aromatic carbocycles. The van der Waals surface area contributed by atoms with Crippen molar-refractivity contribution in [3.63, 3.8) is 0 Å². The lowest BCUT2D eigenvalue weighted by atomic mass is 9.90. The molecule has 1 nitrogen and oxygen atoms in total. The summed E-state index contributed by atoms with van der Waals surface area (Å²) in [5.41, 5.74) is 0.266. The summed E-state index contributed by atoms with van der Waals surface area (Å²) in [5, 5.41) is 0.717. The summed E-state index contributed by atoms with van der Waals surface area (Å²) in [6.07, 6.45) is 5.04. The van der Waals surface area contributed by atoms with Gasteiger partial charge in [0.05, 0.1) is 11.1 Å². The fourth-order valence-corrected chi connectivity index (χ4v) is 3.50. The molecule has 4 heteroatoms. The van der Waals surface area contributed by atoms with Gasteiger partial charge >= 0.3 is 0 Å². The lowest BCUT2D eigenvalue weighted by Gasteiger charge is -2.27. The number of rotatable bonds is 4. The second-order valence-electron chi connectivity index (χ2n) is 4.73. The molecule has 1 aliphatic rings. The van der Waals surface area contributed by atoms with E-state index in [1.54, 1.807) is 0 Å². The SMILES string of the molecule is SCC1(COc2ccc(Cl)cc2Br)CCCC1. The third-order valence-corrected chi connectivity index (χ3v) is 4.95. The predicted molar refractivity (Wildman–Crippen MR) is 79.4 cm³/mol. The molecule has 0 saturated heterocycles. The number of ether oxygens (including phenoxy) is 1. The van der Waals surface area contributed by atoms with Gasteiger partial charge in [-0.05, 0) is 52.7 Å². The van der Waals surface area contributed by atoms with Crippen LogP contribution in [0.25, 0.3) is 0 Å². The maximum Gasteiger partial charge on any atom is 0.133 e. The van der Waals surface area contributed by atoms with Crippen molar-refractivity contribution in [2.24, 2.45) is 5.41 Å². The van der Waals surface area contributed by atoms with Crippen LogP contribution in [0.1, 0.15) is 25.7 Å². The Morgan fingerprint density at radius 1 is 1.35 bits per heavy atom. The number of hydrogen-bond donors (Lipinski definition) is 1. The van der Waals surface area contributed by atoms with Gasteiger partial charge in [-0.2, -0.15) is 12.6 Å². The molecule has 17 heavy (non-hydrogen) atoms. The van der Waals surface area contributed by atoms with Crippen molar-refractivity contribution in [1.29, 1.82) is 0 Å². The highest BCUT2D eigenvalue weighted by Crippen LogP contribution is 2.40. The Hall–Kier alpha value is 0.140. The number of halogens is 2. The highest BCUT2D eigenvalue weighted by Gasteiger charge is 2.33. The van der Waals surface area contributed by atoms with E-state index in [0.717, 1.165) is 22.6 Å². The zero-order chi connectivity index (χ0) is 12.3. The quantitative estimate of drug-likeness (QED) is 0.764.